The van der Waals surface area contributed by atoms with Crippen LogP contribution in [0.4, 0.5) is 4.39 Å². The molecule has 2 amide bonds. The number of nitriles is 1. The lowest BCUT2D eigenvalue weighted by molar-refractivity contribution is -0.145. The van der Waals surface area contributed by atoms with Gasteiger partial charge in [0.05, 0.1) is 18.7 Å². The van der Waals surface area contributed by atoms with E-state index in [1.807, 2.05) is 6.07 Å². The zero-order valence-electron chi connectivity index (χ0n) is 16.6. The number of hydrogen-bond donors (Lipinski definition) is 2. The molecule has 0 saturated carbocycles. The average Bonchev–Trinajstić information content (AvgIpc) is 2.72. The maximum Gasteiger partial charge on any atom is 0.328 e. The van der Waals surface area contributed by atoms with Crippen LogP contribution >= 0.6 is 0 Å². The minimum Gasteiger partial charge on any atom is -0.467 e. The molecule has 8 heteroatoms. The van der Waals surface area contributed by atoms with Gasteiger partial charge in [0.25, 0.3) is 0 Å². The first-order chi connectivity index (χ1) is 14.3. The average molecular weight is 411 g/mol. The maximum absolute atomic E-state index is 13.5. The monoisotopic (exact) mass is 411 g/mol. The van der Waals surface area contributed by atoms with Crippen molar-refractivity contribution < 1.29 is 23.5 Å². The van der Waals surface area contributed by atoms with Crippen molar-refractivity contribution in [3.63, 3.8) is 0 Å². The quantitative estimate of drug-likeness (QED) is 0.642. The highest BCUT2D eigenvalue weighted by Crippen LogP contribution is 2.10. The van der Waals surface area contributed by atoms with E-state index in [4.69, 9.17) is 10.00 Å². The maximum atomic E-state index is 13.5. The van der Waals surface area contributed by atoms with Crippen LogP contribution in [-0.4, -0.2) is 37.0 Å². The number of hydrogen-bond acceptors (Lipinski definition) is 5. The number of carbonyl (C=O) groups is 3. The number of carbonyl (C=O) groups excluding carboxylic acids is 3. The fraction of sp³-hybridized carbons (Fsp3) is 0.273. The van der Waals surface area contributed by atoms with E-state index < -0.39 is 35.7 Å². The molecule has 2 aromatic rings. The summed E-state index contributed by atoms with van der Waals surface area (Å²) >= 11 is 0. The number of nitrogens with one attached hydrogen (secondary N) is 2. The highest BCUT2D eigenvalue weighted by molar-refractivity contribution is 5.90. The third-order valence-electron chi connectivity index (χ3n) is 4.35. The van der Waals surface area contributed by atoms with Gasteiger partial charge in [0.15, 0.2) is 0 Å². The molecular formula is C22H22FN3O4. The first-order valence-electron chi connectivity index (χ1n) is 9.21. The summed E-state index contributed by atoms with van der Waals surface area (Å²) in [4.78, 5) is 36.6. The molecule has 0 bridgehead atoms. The van der Waals surface area contributed by atoms with Gasteiger partial charge in [-0.15, -0.1) is 0 Å². The molecule has 0 aliphatic rings. The smallest absolute Gasteiger partial charge is 0.328 e. The van der Waals surface area contributed by atoms with Crippen LogP contribution in [0.2, 0.25) is 0 Å². The second kappa shape index (κ2) is 10.7. The zero-order valence-corrected chi connectivity index (χ0v) is 16.6. The predicted molar refractivity (Wildman–Crippen MR) is 107 cm³/mol. The number of amides is 2. The molecule has 0 fully saturated rings. The molecule has 0 heterocycles. The van der Waals surface area contributed by atoms with Crippen LogP contribution < -0.4 is 10.6 Å². The van der Waals surface area contributed by atoms with Gasteiger partial charge in [0, 0.05) is 19.8 Å². The van der Waals surface area contributed by atoms with E-state index in [2.05, 4.69) is 10.6 Å². The molecule has 0 radical (unpaired) electrons. The summed E-state index contributed by atoms with van der Waals surface area (Å²) in [6.07, 6.45) is 0.185. The minimum absolute atomic E-state index is 0.0495. The van der Waals surface area contributed by atoms with Gasteiger partial charge in [0.1, 0.15) is 17.9 Å². The Labute approximate surface area is 173 Å². The Hall–Kier alpha value is -3.73. The normalized spacial score (nSPS) is 12.2. The molecule has 0 aliphatic heterocycles. The van der Waals surface area contributed by atoms with Gasteiger partial charge in [0.2, 0.25) is 11.8 Å². The summed E-state index contributed by atoms with van der Waals surface area (Å²) in [7, 11) is 1.21. The van der Waals surface area contributed by atoms with Crippen LogP contribution in [0, 0.1) is 17.1 Å². The van der Waals surface area contributed by atoms with Crippen LogP contribution in [0.3, 0.4) is 0 Å². The number of nitrogens with zero attached hydrogens (tertiary/aromatic N) is 1. The van der Waals surface area contributed by atoms with E-state index in [1.165, 1.54) is 32.2 Å². The van der Waals surface area contributed by atoms with Gasteiger partial charge in [-0.05, 0) is 35.4 Å². The number of halogens is 1. The SMILES string of the molecule is COC(=O)[C@@H](Cc1ccc(C#N)cc1)NC(=O)[C@@H](Cc1cccc(F)c1)NC(C)=O. The Morgan fingerprint density at radius 1 is 1.03 bits per heavy atom. The number of rotatable bonds is 8. The molecule has 0 aromatic heterocycles. The van der Waals surface area contributed by atoms with Gasteiger partial charge >= 0.3 is 5.97 Å². The van der Waals surface area contributed by atoms with Crippen molar-refractivity contribution in [2.75, 3.05) is 7.11 Å². The summed E-state index contributed by atoms with van der Waals surface area (Å²) in [5, 5.41) is 14.0. The molecule has 0 spiro atoms. The Kier molecular flexibility index (Phi) is 8.06. The largest absolute Gasteiger partial charge is 0.467 e. The van der Waals surface area contributed by atoms with E-state index in [9.17, 15) is 18.8 Å². The third-order valence-corrected chi connectivity index (χ3v) is 4.35. The second-order valence-electron chi connectivity index (χ2n) is 6.68. The lowest BCUT2D eigenvalue weighted by Crippen LogP contribution is -2.53. The summed E-state index contributed by atoms with van der Waals surface area (Å²) in [5.41, 5.74) is 1.70. The van der Waals surface area contributed by atoms with E-state index >= 15 is 0 Å². The number of esters is 1. The second-order valence-corrected chi connectivity index (χ2v) is 6.68. The van der Waals surface area contributed by atoms with Crippen LogP contribution in [-0.2, 0) is 32.0 Å². The first-order valence-corrected chi connectivity index (χ1v) is 9.21. The number of ether oxygens (including phenoxy) is 1. The fourth-order valence-corrected chi connectivity index (χ4v) is 2.91. The molecule has 0 aliphatic carbocycles. The molecule has 2 rings (SSSR count). The third kappa shape index (κ3) is 6.71. The molecule has 2 N–H and O–H groups in total. The van der Waals surface area contributed by atoms with E-state index in [0.717, 1.165) is 0 Å². The molecule has 0 saturated heterocycles. The summed E-state index contributed by atoms with van der Waals surface area (Å²) < 4.78 is 18.3. The van der Waals surface area contributed by atoms with Crippen LogP contribution in [0.5, 0.6) is 0 Å². The highest BCUT2D eigenvalue weighted by atomic mass is 19.1. The molecule has 7 nitrogen and oxygen atoms in total. The fourth-order valence-electron chi connectivity index (χ4n) is 2.91. The molecule has 0 unspecified atom stereocenters. The molecule has 2 aromatic carbocycles. The summed E-state index contributed by atoms with van der Waals surface area (Å²) in [6, 6.07) is 12.3. The molecule has 30 heavy (non-hydrogen) atoms. The van der Waals surface area contributed by atoms with Crippen molar-refractivity contribution in [3.05, 3.63) is 71.0 Å². The van der Waals surface area contributed by atoms with E-state index in [-0.39, 0.29) is 12.8 Å². The van der Waals surface area contributed by atoms with Crippen molar-refractivity contribution in [3.8, 4) is 6.07 Å². The molecular weight excluding hydrogens is 389 g/mol. The lowest BCUT2D eigenvalue weighted by atomic mass is 10.0. The first kappa shape index (κ1) is 22.6. The standard InChI is InChI=1S/C22H22FN3O4/c1-14(27)25-19(12-17-4-3-5-18(23)10-17)21(28)26-20(22(29)30-2)11-15-6-8-16(13-24)9-7-15/h3-10,19-20H,11-12H2,1-2H3,(H,25,27)(H,26,28)/t19-,20-/m1/s1. The van der Waals surface area contributed by atoms with Gasteiger partial charge in [-0.1, -0.05) is 24.3 Å². The van der Waals surface area contributed by atoms with Gasteiger partial charge in [-0.25, -0.2) is 9.18 Å². The van der Waals surface area contributed by atoms with Crippen LogP contribution in [0.25, 0.3) is 0 Å². The summed E-state index contributed by atoms with van der Waals surface area (Å²) in [5.74, 6) is -2.14. The van der Waals surface area contributed by atoms with Crippen LogP contribution in [0.15, 0.2) is 48.5 Å². The minimum atomic E-state index is -1.00. The Bertz CT molecular complexity index is 954. The van der Waals surface area contributed by atoms with Crippen molar-refractivity contribution in [1.29, 1.82) is 5.26 Å². The predicted octanol–water partition coefficient (Wildman–Crippen LogP) is 1.65. The van der Waals surface area contributed by atoms with Gasteiger partial charge in [-0.3, -0.25) is 9.59 Å². The lowest BCUT2D eigenvalue weighted by Gasteiger charge is -2.22. The number of benzene rings is 2. The van der Waals surface area contributed by atoms with Gasteiger partial charge < -0.3 is 15.4 Å². The Balaban J connectivity index is 2.17. The van der Waals surface area contributed by atoms with Crippen molar-refractivity contribution in [2.45, 2.75) is 31.8 Å². The van der Waals surface area contributed by atoms with Crippen LogP contribution in [0.1, 0.15) is 23.6 Å². The van der Waals surface area contributed by atoms with E-state index in [1.54, 1.807) is 30.3 Å². The van der Waals surface area contributed by atoms with Crippen molar-refractivity contribution >= 4 is 17.8 Å². The Morgan fingerprint density at radius 2 is 1.70 bits per heavy atom. The number of methoxy groups -OCH3 is 1. The molecule has 2 atom stereocenters. The molecule has 156 valence electrons. The van der Waals surface area contributed by atoms with Crippen molar-refractivity contribution in [2.24, 2.45) is 0 Å². The zero-order chi connectivity index (χ0) is 22.1. The highest BCUT2D eigenvalue weighted by Gasteiger charge is 2.27. The van der Waals surface area contributed by atoms with Gasteiger partial charge in [-0.2, -0.15) is 5.26 Å². The Morgan fingerprint density at radius 3 is 2.27 bits per heavy atom. The summed E-state index contributed by atoms with van der Waals surface area (Å²) in [6.45, 7) is 1.26. The van der Waals surface area contributed by atoms with E-state index in [0.29, 0.717) is 16.7 Å². The van der Waals surface area contributed by atoms with Crippen molar-refractivity contribution in [1.82, 2.24) is 10.6 Å². The topological polar surface area (TPSA) is 108 Å².